The second kappa shape index (κ2) is 26.8. The van der Waals surface area contributed by atoms with Crippen molar-refractivity contribution < 1.29 is 95.9 Å². The number of ether oxygens (including phenoxy) is 10. The van der Waals surface area contributed by atoms with E-state index < -0.39 is 64.1 Å². The highest BCUT2D eigenvalue weighted by atomic mass is 32.2. The van der Waals surface area contributed by atoms with E-state index in [1.807, 2.05) is 20.8 Å². The summed E-state index contributed by atoms with van der Waals surface area (Å²) in [4.78, 5) is 47.5. The lowest BCUT2D eigenvalue weighted by molar-refractivity contribution is -0.493. The van der Waals surface area contributed by atoms with Crippen LogP contribution in [0.1, 0.15) is 26.3 Å². The molecule has 0 amide bonds. The van der Waals surface area contributed by atoms with Crippen molar-refractivity contribution in [2.45, 2.75) is 37.3 Å². The lowest BCUT2D eigenvalue weighted by Crippen LogP contribution is -2.32. The zero-order valence-electron chi connectivity index (χ0n) is 37.0. The molecule has 67 heavy (non-hydrogen) atoms. The highest BCUT2D eigenvalue weighted by molar-refractivity contribution is 7.92. The van der Waals surface area contributed by atoms with Gasteiger partial charge in [-0.2, -0.15) is 13.4 Å². The van der Waals surface area contributed by atoms with E-state index in [2.05, 4.69) is 29.3 Å². The molecule has 27 heteroatoms. The van der Waals surface area contributed by atoms with Gasteiger partial charge in [0.25, 0.3) is 15.9 Å². The maximum atomic E-state index is 14.0. The molecule has 0 bridgehead atoms. The number of hydrogen-bond acceptors (Lipinski definition) is 25. The minimum atomic E-state index is -4.51. The Bertz CT molecular complexity index is 2250. The summed E-state index contributed by atoms with van der Waals surface area (Å²) in [6, 6.07) is 15.8. The third-order valence-electron chi connectivity index (χ3n) is 8.39. The van der Waals surface area contributed by atoms with E-state index in [4.69, 9.17) is 68.2 Å². The molecule has 0 fully saturated rings. The second-order valence-electron chi connectivity index (χ2n) is 14.2. The van der Waals surface area contributed by atoms with Crippen molar-refractivity contribution in [1.29, 1.82) is 0 Å². The van der Waals surface area contributed by atoms with Crippen LogP contribution in [0.25, 0.3) is 11.4 Å². The Kier molecular flexibility index (Phi) is 21.3. The first-order chi connectivity index (χ1) is 32.0. The summed E-state index contributed by atoms with van der Waals surface area (Å²) in [5, 5.41) is 33.1. The molecule has 368 valence electrons. The van der Waals surface area contributed by atoms with Crippen LogP contribution in [0.5, 0.6) is 28.9 Å². The number of methoxy groups -OCH3 is 2. The Labute approximate surface area is 384 Å². The average molecular weight is 969 g/mol. The monoisotopic (exact) mass is 968 g/mol. The summed E-state index contributed by atoms with van der Waals surface area (Å²) in [5.41, 5.74) is 0.809. The molecule has 2 aromatic heterocycles. The molecule has 0 aliphatic carbocycles. The third-order valence-corrected chi connectivity index (χ3v) is 9.65. The van der Waals surface area contributed by atoms with Crippen molar-refractivity contribution in [2.24, 2.45) is 0 Å². The predicted molar refractivity (Wildman–Crippen MR) is 224 cm³/mol. The van der Waals surface area contributed by atoms with Crippen LogP contribution in [0.15, 0.2) is 71.9 Å². The summed E-state index contributed by atoms with van der Waals surface area (Å²) in [6.45, 7) is 2.85. The van der Waals surface area contributed by atoms with Crippen LogP contribution in [-0.4, -0.2) is 154 Å². The predicted octanol–water partition coefficient (Wildman–Crippen LogP) is 4.56. The fourth-order valence-electron chi connectivity index (χ4n) is 5.12. The maximum absolute atomic E-state index is 14.0. The van der Waals surface area contributed by atoms with Gasteiger partial charge >= 0.3 is 12.3 Å². The number of nitrogens with one attached hydrogen (secondary N) is 1. The number of benzene rings is 2. The van der Waals surface area contributed by atoms with Crippen molar-refractivity contribution in [1.82, 2.24) is 25.7 Å². The van der Waals surface area contributed by atoms with Crippen LogP contribution in [0, 0.1) is 0 Å². The molecule has 4 aromatic rings. The normalized spacial score (nSPS) is 12.0. The molecular weight excluding hydrogens is 917 g/mol. The molecule has 5 N–H and O–H groups in total. The molecule has 2 heterocycles. The van der Waals surface area contributed by atoms with Crippen molar-refractivity contribution >= 4 is 28.2 Å². The fraction of sp³-hybridized carbons (Fsp3) is 0.425. The van der Waals surface area contributed by atoms with Gasteiger partial charge in [-0.05, 0) is 53.4 Å². The van der Waals surface area contributed by atoms with E-state index in [9.17, 15) is 18.0 Å². The molecule has 4 rings (SSSR count). The maximum Gasteiger partial charge on any atom is 0.508 e. The zero-order chi connectivity index (χ0) is 48.8. The largest absolute Gasteiger partial charge is 0.508 e. The van der Waals surface area contributed by atoms with E-state index in [1.165, 1.54) is 32.5 Å². The minimum absolute atomic E-state index is 0.0744. The Hall–Kier alpha value is -6.24. The third kappa shape index (κ3) is 18.5. The van der Waals surface area contributed by atoms with Crippen molar-refractivity contribution in [3.63, 3.8) is 0 Å². The zero-order valence-corrected chi connectivity index (χ0v) is 37.8. The number of hydrogen-bond donors (Lipinski definition) is 5. The number of rotatable bonds is 28. The smallest absolute Gasteiger partial charge is 0.497 e. The number of para-hydroxylation sites is 2. The first-order valence-electron chi connectivity index (χ1n) is 19.9. The van der Waals surface area contributed by atoms with E-state index in [-0.39, 0.29) is 86.4 Å². The first kappa shape index (κ1) is 53.4. The average Bonchev–Trinajstić information content (AvgIpc) is 3.29. The lowest BCUT2D eigenvalue weighted by atomic mass is 9.88. The van der Waals surface area contributed by atoms with Crippen molar-refractivity contribution in [2.75, 3.05) is 85.0 Å². The number of anilines is 1. The molecule has 0 radical (unpaired) electrons. The molecule has 2 aromatic carbocycles. The Balaban J connectivity index is 1.68. The van der Waals surface area contributed by atoms with Crippen LogP contribution < -0.4 is 23.7 Å². The summed E-state index contributed by atoms with van der Waals surface area (Å²) in [5.74, 6) is -0.506. The first-order valence-corrected chi connectivity index (χ1v) is 21.4. The number of carbonyl (C=O) groups excluding carboxylic acids is 2. The van der Waals surface area contributed by atoms with Crippen molar-refractivity contribution in [3.8, 4) is 40.3 Å². The number of sulfonamides is 1. The van der Waals surface area contributed by atoms with Crippen LogP contribution >= 0.6 is 0 Å². The topological polar surface area (TPSA) is 317 Å². The SMILES string of the molecule is COc1ccc(-c2nc(NS(=O)(=O)c3ccc(C(C)(C)C)cn3)c(Oc3ccccc3OC)c(OCC(COC(=O)OCCOCCON(O)O)OC(=O)OCCOCCON(O)O)n2)cc1. The highest BCUT2D eigenvalue weighted by Gasteiger charge is 2.28. The molecule has 0 saturated heterocycles. The Morgan fingerprint density at radius 2 is 1.33 bits per heavy atom. The number of pyridine rings is 1. The van der Waals surface area contributed by atoms with Gasteiger partial charge in [-0.3, -0.25) is 25.6 Å². The molecule has 0 saturated carbocycles. The summed E-state index contributed by atoms with van der Waals surface area (Å²) in [7, 11) is -1.65. The number of nitrogens with zero attached hydrogens (tertiary/aromatic N) is 5. The van der Waals surface area contributed by atoms with Gasteiger partial charge in [-0.25, -0.2) is 29.2 Å². The molecule has 0 aliphatic heterocycles. The van der Waals surface area contributed by atoms with E-state index in [0.29, 0.717) is 11.3 Å². The van der Waals surface area contributed by atoms with Gasteiger partial charge in [-0.1, -0.05) is 39.0 Å². The quantitative estimate of drug-likeness (QED) is 0.0296. The molecule has 1 unspecified atom stereocenters. The Morgan fingerprint density at radius 1 is 0.716 bits per heavy atom. The highest BCUT2D eigenvalue weighted by Crippen LogP contribution is 2.42. The molecule has 1 atom stereocenters. The van der Waals surface area contributed by atoms with Gasteiger partial charge in [-0.15, -0.1) is 0 Å². The van der Waals surface area contributed by atoms with Gasteiger partial charge < -0.3 is 47.4 Å². The van der Waals surface area contributed by atoms with E-state index >= 15 is 0 Å². The summed E-state index contributed by atoms with van der Waals surface area (Å²) in [6.07, 6.45) is -2.52. The minimum Gasteiger partial charge on any atom is -0.497 e. The van der Waals surface area contributed by atoms with Crippen molar-refractivity contribution in [3.05, 3.63) is 72.4 Å². The standard InChI is InChI=1S/C40H52N6O20S/c1-40(2,3)28-12-15-33(41-24-28)67(53,54)44-36-34(66-32-9-7-6-8-31(32)56-5)37(43-35(42-36)27-10-13-29(55-4)14-11-27)61-25-30(65-39(48)60-21-17-58-19-23-64-46(51)52)26-62-38(47)59-20-16-57-18-22-63-45(49)50/h6-15,24,30,49-52H,16-23,25-26H2,1-5H3,(H,42,43,44). The molecule has 0 spiro atoms. The molecular formula is C40H52N6O20S. The van der Waals surface area contributed by atoms with Gasteiger partial charge in [0.05, 0.1) is 64.6 Å². The van der Waals surface area contributed by atoms with Crippen LogP contribution in [0.2, 0.25) is 0 Å². The lowest BCUT2D eigenvalue weighted by Gasteiger charge is -2.21. The number of aromatic nitrogens is 3. The summed E-state index contributed by atoms with van der Waals surface area (Å²) >= 11 is 0. The molecule has 26 nitrogen and oxygen atoms in total. The van der Waals surface area contributed by atoms with Crippen LogP contribution in [0.3, 0.4) is 0 Å². The second-order valence-corrected chi connectivity index (χ2v) is 15.8. The van der Waals surface area contributed by atoms with E-state index in [1.54, 1.807) is 48.5 Å². The van der Waals surface area contributed by atoms with Crippen LogP contribution in [0.4, 0.5) is 15.4 Å². The van der Waals surface area contributed by atoms with Crippen LogP contribution in [-0.2, 0) is 53.5 Å². The van der Waals surface area contributed by atoms with Gasteiger partial charge in [0, 0.05) is 11.8 Å². The summed E-state index contributed by atoms with van der Waals surface area (Å²) < 4.78 is 84.7. The van der Waals surface area contributed by atoms with Gasteiger partial charge in [0.2, 0.25) is 5.75 Å². The van der Waals surface area contributed by atoms with Gasteiger partial charge in [0.15, 0.2) is 34.3 Å². The molecule has 0 aliphatic rings. The Morgan fingerprint density at radius 3 is 1.90 bits per heavy atom. The van der Waals surface area contributed by atoms with E-state index in [0.717, 1.165) is 5.56 Å². The number of carbonyl (C=O) groups is 2. The fourth-order valence-corrected chi connectivity index (χ4v) is 6.06. The van der Waals surface area contributed by atoms with Gasteiger partial charge in [0.1, 0.15) is 32.2 Å².